The predicted molar refractivity (Wildman–Crippen MR) is 107 cm³/mol. The van der Waals surface area contributed by atoms with E-state index in [1.54, 1.807) is 4.90 Å². The van der Waals surface area contributed by atoms with Crippen molar-refractivity contribution in [1.29, 1.82) is 0 Å². The molecule has 3 aliphatic rings. The zero-order valence-electron chi connectivity index (χ0n) is 16.2. The van der Waals surface area contributed by atoms with Crippen LogP contribution in [0, 0.1) is 18.8 Å². The van der Waals surface area contributed by atoms with Crippen LogP contribution in [0.1, 0.15) is 31.2 Å². The fourth-order valence-corrected chi connectivity index (χ4v) is 4.91. The molecule has 4 rings (SSSR count). The van der Waals surface area contributed by atoms with E-state index < -0.39 is 0 Å². The van der Waals surface area contributed by atoms with Crippen molar-refractivity contribution in [3.05, 3.63) is 28.8 Å². The van der Waals surface area contributed by atoms with E-state index in [1.165, 1.54) is 4.90 Å². The van der Waals surface area contributed by atoms with Gasteiger partial charge in [-0.25, -0.2) is 0 Å². The van der Waals surface area contributed by atoms with Crippen molar-refractivity contribution in [2.45, 2.75) is 32.6 Å². The number of fused-ring (bicyclic) bond motifs is 1. The Kier molecular flexibility index (Phi) is 5.32. The van der Waals surface area contributed by atoms with Gasteiger partial charge in [-0.15, -0.1) is 0 Å². The Morgan fingerprint density at radius 2 is 1.64 bits per heavy atom. The average molecular weight is 404 g/mol. The number of imide groups is 1. The quantitative estimate of drug-likeness (QED) is 0.727. The number of nitrogens with zero attached hydrogens (tertiary/aromatic N) is 3. The largest absolute Gasteiger partial charge is 0.368 e. The smallest absolute Gasteiger partial charge is 0.242 e. The van der Waals surface area contributed by atoms with Crippen molar-refractivity contribution in [2.75, 3.05) is 37.6 Å². The predicted octanol–water partition coefficient (Wildman–Crippen LogP) is 2.47. The number of likely N-dealkylation sites (tertiary alicyclic amines) is 1. The van der Waals surface area contributed by atoms with Crippen molar-refractivity contribution in [2.24, 2.45) is 11.8 Å². The molecule has 0 spiro atoms. The number of halogens is 1. The molecule has 1 saturated carbocycles. The summed E-state index contributed by atoms with van der Waals surface area (Å²) in [5.74, 6) is -0.816. The lowest BCUT2D eigenvalue weighted by Gasteiger charge is -2.37. The van der Waals surface area contributed by atoms with Crippen LogP contribution in [0.25, 0.3) is 0 Å². The third-order valence-electron chi connectivity index (χ3n) is 6.37. The van der Waals surface area contributed by atoms with Gasteiger partial charge in [-0.2, -0.15) is 0 Å². The van der Waals surface area contributed by atoms with Gasteiger partial charge in [0.25, 0.3) is 0 Å². The molecule has 2 heterocycles. The van der Waals surface area contributed by atoms with E-state index in [-0.39, 0.29) is 36.1 Å². The van der Waals surface area contributed by atoms with Gasteiger partial charge in [-0.1, -0.05) is 30.5 Å². The molecule has 0 unspecified atom stereocenters. The Morgan fingerprint density at radius 3 is 2.25 bits per heavy atom. The summed E-state index contributed by atoms with van der Waals surface area (Å²) in [6.45, 7) is 4.51. The first kappa shape index (κ1) is 19.2. The normalized spacial score (nSPS) is 25.3. The molecule has 3 fully saturated rings. The second-order valence-electron chi connectivity index (χ2n) is 8.06. The van der Waals surface area contributed by atoms with Gasteiger partial charge in [0.2, 0.25) is 17.7 Å². The number of anilines is 1. The average Bonchev–Trinajstić information content (AvgIpc) is 2.95. The second kappa shape index (κ2) is 7.74. The van der Waals surface area contributed by atoms with E-state index in [0.29, 0.717) is 31.2 Å². The molecule has 1 aromatic carbocycles. The number of aryl methyl sites for hydroxylation is 1. The number of hydrogen-bond donors (Lipinski definition) is 0. The molecule has 7 heteroatoms. The molecule has 0 N–H and O–H groups in total. The molecule has 2 aliphatic heterocycles. The van der Waals surface area contributed by atoms with Crippen molar-refractivity contribution >= 4 is 35.0 Å². The SMILES string of the molecule is Cc1ccc(Cl)cc1N1CCN(C(=O)CN2C(=O)[C@H]3CCCC[C@@H]3C2=O)CC1. The van der Waals surface area contributed by atoms with Crippen LogP contribution in [0.15, 0.2) is 18.2 Å². The molecule has 150 valence electrons. The van der Waals surface area contributed by atoms with E-state index in [2.05, 4.69) is 4.90 Å². The number of carbonyl (C=O) groups is 3. The summed E-state index contributed by atoms with van der Waals surface area (Å²) in [4.78, 5) is 43.1. The van der Waals surface area contributed by atoms with Crippen molar-refractivity contribution < 1.29 is 14.4 Å². The third kappa shape index (κ3) is 3.50. The molecule has 0 radical (unpaired) electrons. The van der Waals surface area contributed by atoms with E-state index in [1.807, 2.05) is 25.1 Å². The van der Waals surface area contributed by atoms with Gasteiger partial charge < -0.3 is 9.80 Å². The van der Waals surface area contributed by atoms with Crippen molar-refractivity contribution in [1.82, 2.24) is 9.80 Å². The molecule has 28 heavy (non-hydrogen) atoms. The van der Waals surface area contributed by atoms with Crippen LogP contribution >= 0.6 is 11.6 Å². The molecule has 0 aromatic heterocycles. The molecular formula is C21H26ClN3O3. The Labute approximate surface area is 170 Å². The van der Waals surface area contributed by atoms with Crippen LogP contribution in [-0.2, 0) is 14.4 Å². The summed E-state index contributed by atoms with van der Waals surface area (Å²) in [7, 11) is 0. The molecule has 1 aliphatic carbocycles. The van der Waals surface area contributed by atoms with Gasteiger partial charge in [-0.3, -0.25) is 19.3 Å². The number of carbonyl (C=O) groups excluding carboxylic acids is 3. The first-order chi connectivity index (χ1) is 13.5. The maximum Gasteiger partial charge on any atom is 0.242 e. The lowest BCUT2D eigenvalue weighted by molar-refractivity contribution is -0.146. The van der Waals surface area contributed by atoms with Crippen LogP contribution in [-0.4, -0.2) is 60.2 Å². The highest BCUT2D eigenvalue weighted by Crippen LogP contribution is 2.38. The number of amides is 3. The van der Waals surface area contributed by atoms with Gasteiger partial charge in [0.15, 0.2) is 0 Å². The molecule has 0 bridgehead atoms. The Hall–Kier alpha value is -2.08. The summed E-state index contributed by atoms with van der Waals surface area (Å²) < 4.78 is 0. The van der Waals surface area contributed by atoms with Crippen LogP contribution < -0.4 is 4.90 Å². The number of benzene rings is 1. The highest BCUT2D eigenvalue weighted by Gasteiger charge is 2.48. The van der Waals surface area contributed by atoms with Gasteiger partial charge in [0, 0.05) is 36.9 Å². The maximum absolute atomic E-state index is 12.8. The number of rotatable bonds is 3. The van der Waals surface area contributed by atoms with Gasteiger partial charge in [0.1, 0.15) is 6.54 Å². The maximum atomic E-state index is 12.8. The van der Waals surface area contributed by atoms with E-state index >= 15 is 0 Å². The Balaban J connectivity index is 1.36. The second-order valence-corrected chi connectivity index (χ2v) is 8.50. The molecule has 6 nitrogen and oxygen atoms in total. The minimum Gasteiger partial charge on any atom is -0.368 e. The summed E-state index contributed by atoms with van der Waals surface area (Å²) in [5.41, 5.74) is 2.24. The minimum atomic E-state index is -0.197. The Bertz CT molecular complexity index is 780. The molecule has 2 saturated heterocycles. The summed E-state index contributed by atoms with van der Waals surface area (Å²) >= 11 is 6.13. The first-order valence-corrected chi connectivity index (χ1v) is 10.5. The van der Waals surface area contributed by atoms with E-state index in [4.69, 9.17) is 11.6 Å². The molecule has 3 amide bonds. The van der Waals surface area contributed by atoms with Crippen LogP contribution in [0.3, 0.4) is 0 Å². The van der Waals surface area contributed by atoms with E-state index in [0.717, 1.165) is 36.9 Å². The fraction of sp³-hybridized carbons (Fsp3) is 0.571. The van der Waals surface area contributed by atoms with Crippen LogP contribution in [0.5, 0.6) is 0 Å². The summed E-state index contributed by atoms with van der Waals surface area (Å²) in [6.07, 6.45) is 3.54. The minimum absolute atomic E-state index is 0.110. The van der Waals surface area contributed by atoms with Crippen molar-refractivity contribution in [3.8, 4) is 0 Å². The highest BCUT2D eigenvalue weighted by molar-refractivity contribution is 6.30. The zero-order chi connectivity index (χ0) is 19.8. The topological polar surface area (TPSA) is 60.9 Å². The van der Waals surface area contributed by atoms with Crippen LogP contribution in [0.4, 0.5) is 5.69 Å². The number of hydrogen-bond acceptors (Lipinski definition) is 4. The van der Waals surface area contributed by atoms with Crippen molar-refractivity contribution in [3.63, 3.8) is 0 Å². The van der Waals surface area contributed by atoms with E-state index in [9.17, 15) is 14.4 Å². The molecule has 1 aromatic rings. The first-order valence-electron chi connectivity index (χ1n) is 10.1. The lowest BCUT2D eigenvalue weighted by Crippen LogP contribution is -2.52. The third-order valence-corrected chi connectivity index (χ3v) is 6.61. The van der Waals surface area contributed by atoms with Gasteiger partial charge in [0.05, 0.1) is 11.8 Å². The molecule has 2 atom stereocenters. The molecular weight excluding hydrogens is 378 g/mol. The van der Waals surface area contributed by atoms with Gasteiger partial charge in [-0.05, 0) is 37.5 Å². The standard InChI is InChI=1S/C21H26ClN3O3/c1-14-6-7-15(22)12-18(14)23-8-10-24(11-9-23)19(26)13-25-20(27)16-4-2-3-5-17(16)21(25)28/h6-7,12,16-17H,2-5,8-11,13H2,1H3/t16-,17-/m0/s1. The van der Waals surface area contributed by atoms with Crippen LogP contribution in [0.2, 0.25) is 5.02 Å². The van der Waals surface area contributed by atoms with Gasteiger partial charge >= 0.3 is 0 Å². The lowest BCUT2D eigenvalue weighted by atomic mass is 9.81. The Morgan fingerprint density at radius 1 is 1.04 bits per heavy atom. The monoisotopic (exact) mass is 403 g/mol. The fourth-order valence-electron chi connectivity index (χ4n) is 4.74. The number of piperazine rings is 1. The summed E-state index contributed by atoms with van der Waals surface area (Å²) in [6, 6.07) is 5.83. The highest BCUT2D eigenvalue weighted by atomic mass is 35.5. The zero-order valence-corrected chi connectivity index (χ0v) is 17.0. The summed E-state index contributed by atoms with van der Waals surface area (Å²) in [5, 5.41) is 0.701.